The number of halogens is 1. The minimum atomic E-state index is -0.234. The zero-order chi connectivity index (χ0) is 13.9. The number of aromatic nitrogens is 2. The summed E-state index contributed by atoms with van der Waals surface area (Å²) in [5, 5.41) is 7.38. The van der Waals surface area contributed by atoms with Crippen LogP contribution in [0, 0.1) is 0 Å². The van der Waals surface area contributed by atoms with Crippen molar-refractivity contribution in [2.45, 2.75) is 6.54 Å². The molecule has 1 amide bonds. The summed E-state index contributed by atoms with van der Waals surface area (Å²) < 4.78 is 4.93. The van der Waals surface area contributed by atoms with Crippen molar-refractivity contribution in [1.82, 2.24) is 15.5 Å². The van der Waals surface area contributed by atoms with Crippen LogP contribution < -0.4 is 5.32 Å². The summed E-state index contributed by atoms with van der Waals surface area (Å²) in [6.45, 7) is 0.271. The number of pyridine rings is 1. The van der Waals surface area contributed by atoms with E-state index in [9.17, 15) is 4.79 Å². The summed E-state index contributed by atoms with van der Waals surface area (Å²) in [4.78, 5) is 16.4. The van der Waals surface area contributed by atoms with Crippen molar-refractivity contribution in [2.75, 3.05) is 0 Å². The minimum Gasteiger partial charge on any atom is -0.360 e. The summed E-state index contributed by atoms with van der Waals surface area (Å²) in [6, 6.07) is 10.6. The largest absolute Gasteiger partial charge is 0.360 e. The molecule has 0 unspecified atom stereocenters. The fourth-order valence-corrected chi connectivity index (χ4v) is 2.13. The zero-order valence-corrected chi connectivity index (χ0v) is 11.1. The van der Waals surface area contributed by atoms with Crippen molar-refractivity contribution < 1.29 is 9.32 Å². The maximum absolute atomic E-state index is 12.2. The highest BCUT2D eigenvalue weighted by molar-refractivity contribution is 6.30. The van der Waals surface area contributed by atoms with Gasteiger partial charge >= 0.3 is 0 Å². The molecule has 0 saturated carbocycles. The number of rotatable bonds is 3. The minimum absolute atomic E-state index is 0.234. The normalized spacial score (nSPS) is 10.7. The molecule has 0 saturated heterocycles. The molecule has 1 N–H and O–H groups in total. The Morgan fingerprint density at radius 2 is 2.15 bits per heavy atom. The van der Waals surface area contributed by atoms with Gasteiger partial charge in [0.15, 0.2) is 5.76 Å². The predicted octanol–water partition coefficient (Wildman–Crippen LogP) is 2.81. The second-order valence-corrected chi connectivity index (χ2v) is 4.56. The van der Waals surface area contributed by atoms with Gasteiger partial charge in [-0.1, -0.05) is 35.0 Å². The van der Waals surface area contributed by atoms with Gasteiger partial charge in [0.2, 0.25) is 0 Å². The zero-order valence-electron chi connectivity index (χ0n) is 10.3. The second-order valence-electron chi connectivity index (χ2n) is 4.17. The summed E-state index contributed by atoms with van der Waals surface area (Å²) in [5.74, 6) is 0.352. The number of hydrogen-bond donors (Lipinski definition) is 1. The van der Waals surface area contributed by atoms with Gasteiger partial charge in [-0.3, -0.25) is 4.79 Å². The molecule has 2 heterocycles. The Labute approximate surface area is 119 Å². The van der Waals surface area contributed by atoms with E-state index < -0.39 is 0 Å². The van der Waals surface area contributed by atoms with Gasteiger partial charge in [-0.05, 0) is 12.1 Å². The summed E-state index contributed by atoms with van der Waals surface area (Å²) >= 11 is 5.95. The van der Waals surface area contributed by atoms with E-state index in [2.05, 4.69) is 15.5 Å². The maximum Gasteiger partial charge on any atom is 0.252 e. The van der Waals surface area contributed by atoms with E-state index >= 15 is 0 Å². The standard InChI is InChI=1S/C14H10ClN3O2/c15-13-7-11(10-3-1-2-4-12(10)18-13)14(19)16-8-9-5-6-17-20-9/h1-7H,8H2,(H,16,19). The topological polar surface area (TPSA) is 68.0 Å². The Kier molecular flexibility index (Phi) is 3.35. The van der Waals surface area contributed by atoms with Crippen LogP contribution in [0.3, 0.4) is 0 Å². The van der Waals surface area contributed by atoms with Gasteiger partial charge in [-0.2, -0.15) is 0 Å². The van der Waals surface area contributed by atoms with Crippen molar-refractivity contribution in [1.29, 1.82) is 0 Å². The molecule has 0 aliphatic rings. The summed E-state index contributed by atoms with van der Waals surface area (Å²) in [6.07, 6.45) is 1.53. The molecule has 6 heteroatoms. The number of carbonyl (C=O) groups excluding carboxylic acids is 1. The first-order valence-electron chi connectivity index (χ1n) is 5.97. The molecule has 0 bridgehead atoms. The van der Waals surface area contributed by atoms with Crippen LogP contribution in [0.1, 0.15) is 16.1 Å². The molecule has 0 aliphatic heterocycles. The van der Waals surface area contributed by atoms with Crippen molar-refractivity contribution in [3.05, 3.63) is 59.1 Å². The number of carbonyl (C=O) groups is 1. The Bertz CT molecular complexity index is 756. The SMILES string of the molecule is O=C(NCc1ccno1)c1cc(Cl)nc2ccccc12. The Morgan fingerprint density at radius 1 is 1.30 bits per heavy atom. The Balaban J connectivity index is 1.90. The molecule has 0 fully saturated rings. The first-order valence-corrected chi connectivity index (χ1v) is 6.35. The van der Waals surface area contributed by atoms with Crippen LogP contribution in [0.4, 0.5) is 0 Å². The van der Waals surface area contributed by atoms with E-state index in [-0.39, 0.29) is 17.6 Å². The van der Waals surface area contributed by atoms with Crippen LogP contribution in [-0.2, 0) is 6.54 Å². The third-order valence-corrected chi connectivity index (χ3v) is 3.04. The fourth-order valence-electron chi connectivity index (χ4n) is 1.93. The van der Waals surface area contributed by atoms with Crippen LogP contribution in [0.2, 0.25) is 5.15 Å². The molecule has 2 aromatic heterocycles. The average Bonchev–Trinajstić information content (AvgIpc) is 2.97. The molecule has 0 atom stereocenters. The molecule has 1 aromatic carbocycles. The molecule has 0 spiro atoms. The van der Waals surface area contributed by atoms with Crippen molar-refractivity contribution in [3.8, 4) is 0 Å². The van der Waals surface area contributed by atoms with Crippen molar-refractivity contribution in [2.24, 2.45) is 0 Å². The molecule has 0 radical (unpaired) electrons. The molecular weight excluding hydrogens is 278 g/mol. The summed E-state index contributed by atoms with van der Waals surface area (Å²) in [7, 11) is 0. The lowest BCUT2D eigenvalue weighted by atomic mass is 10.1. The van der Waals surface area contributed by atoms with E-state index in [1.165, 1.54) is 6.20 Å². The number of fused-ring (bicyclic) bond motifs is 1. The number of hydrogen-bond acceptors (Lipinski definition) is 4. The smallest absolute Gasteiger partial charge is 0.252 e. The molecule has 5 nitrogen and oxygen atoms in total. The molecular formula is C14H10ClN3O2. The van der Waals surface area contributed by atoms with E-state index in [0.29, 0.717) is 16.8 Å². The lowest BCUT2D eigenvalue weighted by Crippen LogP contribution is -2.23. The van der Waals surface area contributed by atoms with Gasteiger partial charge in [0.25, 0.3) is 5.91 Å². The third kappa shape index (κ3) is 2.48. The predicted molar refractivity (Wildman–Crippen MR) is 74.4 cm³/mol. The van der Waals surface area contributed by atoms with Crippen LogP contribution in [0.25, 0.3) is 10.9 Å². The average molecular weight is 288 g/mol. The lowest BCUT2D eigenvalue weighted by Gasteiger charge is -2.07. The Hall–Kier alpha value is -2.40. The van der Waals surface area contributed by atoms with Crippen molar-refractivity contribution in [3.63, 3.8) is 0 Å². The lowest BCUT2D eigenvalue weighted by molar-refractivity contribution is 0.0948. The van der Waals surface area contributed by atoms with Gasteiger partial charge in [-0.15, -0.1) is 0 Å². The van der Waals surface area contributed by atoms with E-state index in [0.717, 1.165) is 5.39 Å². The highest BCUT2D eigenvalue weighted by Gasteiger charge is 2.12. The maximum atomic E-state index is 12.2. The number of nitrogens with zero attached hydrogens (tertiary/aromatic N) is 2. The molecule has 100 valence electrons. The molecule has 0 aliphatic carbocycles. The second kappa shape index (κ2) is 5.30. The highest BCUT2D eigenvalue weighted by atomic mass is 35.5. The van der Waals surface area contributed by atoms with Crippen molar-refractivity contribution >= 4 is 28.4 Å². The highest BCUT2D eigenvalue weighted by Crippen LogP contribution is 2.20. The number of para-hydroxylation sites is 1. The fraction of sp³-hybridized carbons (Fsp3) is 0.0714. The number of amides is 1. The third-order valence-electron chi connectivity index (χ3n) is 2.84. The molecule has 20 heavy (non-hydrogen) atoms. The molecule has 3 rings (SSSR count). The summed E-state index contributed by atoms with van der Waals surface area (Å²) in [5.41, 5.74) is 1.17. The number of benzene rings is 1. The van der Waals surface area contributed by atoms with Gasteiger partial charge in [0, 0.05) is 11.5 Å². The van der Waals surface area contributed by atoms with E-state index in [1.54, 1.807) is 12.1 Å². The first kappa shape index (κ1) is 12.6. The number of nitrogens with one attached hydrogen (secondary N) is 1. The van der Waals surface area contributed by atoms with Gasteiger partial charge in [0.05, 0.1) is 23.8 Å². The Morgan fingerprint density at radius 3 is 2.95 bits per heavy atom. The van der Waals surface area contributed by atoms with E-state index in [4.69, 9.17) is 16.1 Å². The van der Waals surface area contributed by atoms with Gasteiger partial charge in [-0.25, -0.2) is 4.98 Å². The van der Waals surface area contributed by atoms with Gasteiger partial charge in [0.1, 0.15) is 5.15 Å². The van der Waals surface area contributed by atoms with Gasteiger partial charge < -0.3 is 9.84 Å². The quantitative estimate of drug-likeness (QED) is 0.752. The van der Waals surface area contributed by atoms with Crippen LogP contribution in [-0.4, -0.2) is 16.0 Å². The van der Waals surface area contributed by atoms with Crippen LogP contribution in [0.5, 0.6) is 0 Å². The van der Waals surface area contributed by atoms with Crippen LogP contribution >= 0.6 is 11.6 Å². The molecule has 3 aromatic rings. The first-order chi connectivity index (χ1) is 9.74. The van der Waals surface area contributed by atoms with E-state index in [1.807, 2.05) is 24.3 Å². The van der Waals surface area contributed by atoms with Crippen LogP contribution in [0.15, 0.2) is 47.1 Å². The monoisotopic (exact) mass is 287 g/mol.